The van der Waals surface area contributed by atoms with Gasteiger partial charge in [0.15, 0.2) is 0 Å². The predicted molar refractivity (Wildman–Crippen MR) is 99.8 cm³/mol. The first-order valence-corrected chi connectivity index (χ1v) is 8.49. The number of hydrogen-bond donors (Lipinski definition) is 1. The molecule has 1 heterocycles. The summed E-state index contributed by atoms with van der Waals surface area (Å²) in [6.07, 6.45) is 2.93. The van der Waals surface area contributed by atoms with Crippen LogP contribution in [0.3, 0.4) is 0 Å². The molecule has 0 aliphatic heterocycles. The molecule has 0 atom stereocenters. The van der Waals surface area contributed by atoms with Crippen LogP contribution in [0, 0.1) is 0 Å². The number of amides is 1. The van der Waals surface area contributed by atoms with Gasteiger partial charge in [-0.05, 0) is 36.1 Å². The molecule has 0 unspecified atom stereocenters. The maximum absolute atomic E-state index is 12.6. The van der Waals surface area contributed by atoms with Crippen molar-refractivity contribution < 1.29 is 4.79 Å². The van der Waals surface area contributed by atoms with Gasteiger partial charge in [0.25, 0.3) is 5.56 Å². The van der Waals surface area contributed by atoms with Crippen molar-refractivity contribution >= 4 is 22.6 Å². The van der Waals surface area contributed by atoms with Gasteiger partial charge in [-0.3, -0.25) is 14.2 Å². The minimum absolute atomic E-state index is 0.0386. The van der Waals surface area contributed by atoms with E-state index in [9.17, 15) is 9.59 Å². The maximum atomic E-state index is 12.6. The Morgan fingerprint density at radius 1 is 1.04 bits per heavy atom. The molecule has 5 heteroatoms. The summed E-state index contributed by atoms with van der Waals surface area (Å²) < 4.78 is 1.46. The van der Waals surface area contributed by atoms with E-state index in [0.29, 0.717) is 11.0 Å². The molecular formula is C20H21N3O2. The highest BCUT2D eigenvalue weighted by Crippen LogP contribution is 2.22. The number of hydrogen-bond acceptors (Lipinski definition) is 3. The summed E-state index contributed by atoms with van der Waals surface area (Å²) in [5.41, 5.74) is 4.12. The third kappa shape index (κ3) is 3.45. The fraction of sp³-hybridized carbons (Fsp3) is 0.250. The summed E-state index contributed by atoms with van der Waals surface area (Å²) in [7, 11) is 0. The van der Waals surface area contributed by atoms with Crippen LogP contribution in [-0.4, -0.2) is 15.5 Å². The predicted octanol–water partition coefficient (Wildman–Crippen LogP) is 3.16. The number of carbonyl (C=O) groups excluding carboxylic acids is 1. The van der Waals surface area contributed by atoms with Crippen molar-refractivity contribution in [3.63, 3.8) is 0 Å². The Balaban J connectivity index is 1.93. The standard InChI is InChI=1S/C20H21N3O2/c1-3-14-8-7-9-15(4-2)20(14)22-18(24)13-23-17-11-6-5-10-16(17)21-12-19(23)25/h5-12H,3-4,13H2,1-2H3,(H,22,24). The van der Waals surface area contributed by atoms with Gasteiger partial charge < -0.3 is 5.32 Å². The Morgan fingerprint density at radius 3 is 2.40 bits per heavy atom. The van der Waals surface area contributed by atoms with E-state index in [1.807, 2.05) is 36.4 Å². The molecule has 128 valence electrons. The molecule has 0 radical (unpaired) electrons. The van der Waals surface area contributed by atoms with Gasteiger partial charge in [0.1, 0.15) is 6.54 Å². The summed E-state index contributed by atoms with van der Waals surface area (Å²) >= 11 is 0. The van der Waals surface area contributed by atoms with Gasteiger partial charge in [0.05, 0.1) is 17.2 Å². The summed E-state index contributed by atoms with van der Waals surface area (Å²) in [4.78, 5) is 28.9. The van der Waals surface area contributed by atoms with E-state index >= 15 is 0 Å². The van der Waals surface area contributed by atoms with E-state index in [1.165, 1.54) is 10.8 Å². The smallest absolute Gasteiger partial charge is 0.269 e. The number of carbonyl (C=O) groups is 1. The zero-order chi connectivity index (χ0) is 17.8. The second-order valence-corrected chi connectivity index (χ2v) is 5.88. The van der Waals surface area contributed by atoms with Crippen molar-refractivity contribution in [2.45, 2.75) is 33.2 Å². The zero-order valence-corrected chi connectivity index (χ0v) is 14.5. The van der Waals surface area contributed by atoms with Crippen molar-refractivity contribution in [2.24, 2.45) is 0 Å². The van der Waals surface area contributed by atoms with Gasteiger partial charge in [0.2, 0.25) is 5.91 Å². The van der Waals surface area contributed by atoms with Crippen LogP contribution in [-0.2, 0) is 24.2 Å². The largest absolute Gasteiger partial charge is 0.324 e. The van der Waals surface area contributed by atoms with E-state index < -0.39 is 0 Å². The number of nitrogens with one attached hydrogen (secondary N) is 1. The molecule has 2 aromatic carbocycles. The summed E-state index contributed by atoms with van der Waals surface area (Å²) in [5.74, 6) is -0.214. The van der Waals surface area contributed by atoms with Gasteiger partial charge in [-0.15, -0.1) is 0 Å². The van der Waals surface area contributed by atoms with Crippen molar-refractivity contribution in [1.82, 2.24) is 9.55 Å². The first-order valence-electron chi connectivity index (χ1n) is 8.49. The molecule has 0 aliphatic rings. The molecule has 0 saturated carbocycles. The molecule has 0 fully saturated rings. The van der Waals surface area contributed by atoms with Crippen LogP contribution >= 0.6 is 0 Å². The van der Waals surface area contributed by atoms with Gasteiger partial charge in [-0.1, -0.05) is 44.2 Å². The quantitative estimate of drug-likeness (QED) is 0.779. The maximum Gasteiger partial charge on any atom is 0.269 e. The van der Waals surface area contributed by atoms with E-state index in [0.717, 1.165) is 29.7 Å². The van der Waals surface area contributed by atoms with Gasteiger partial charge in [0, 0.05) is 5.69 Å². The highest BCUT2D eigenvalue weighted by atomic mass is 16.2. The molecule has 1 amide bonds. The number of aromatic nitrogens is 2. The number of aryl methyl sites for hydroxylation is 2. The van der Waals surface area contributed by atoms with E-state index in [-0.39, 0.29) is 18.0 Å². The fourth-order valence-corrected chi connectivity index (χ4v) is 3.00. The summed E-state index contributed by atoms with van der Waals surface area (Å²) in [5, 5.41) is 3.00. The number of para-hydroxylation sites is 3. The number of rotatable bonds is 5. The lowest BCUT2D eigenvalue weighted by atomic mass is 10.0. The molecule has 3 aromatic rings. The third-order valence-corrected chi connectivity index (χ3v) is 4.32. The average molecular weight is 335 g/mol. The highest BCUT2D eigenvalue weighted by molar-refractivity contribution is 5.93. The van der Waals surface area contributed by atoms with Crippen molar-refractivity contribution in [1.29, 1.82) is 0 Å². The third-order valence-electron chi connectivity index (χ3n) is 4.32. The van der Waals surface area contributed by atoms with E-state index in [1.54, 1.807) is 6.07 Å². The number of nitrogens with zero attached hydrogens (tertiary/aromatic N) is 2. The van der Waals surface area contributed by atoms with Crippen LogP contribution < -0.4 is 10.9 Å². The lowest BCUT2D eigenvalue weighted by Gasteiger charge is -2.15. The van der Waals surface area contributed by atoms with E-state index in [4.69, 9.17) is 0 Å². The van der Waals surface area contributed by atoms with Crippen LogP contribution in [0.1, 0.15) is 25.0 Å². The SMILES string of the molecule is CCc1cccc(CC)c1NC(=O)Cn1c(=O)cnc2ccccc21. The Kier molecular flexibility index (Phi) is 4.93. The van der Waals surface area contributed by atoms with Gasteiger partial charge >= 0.3 is 0 Å². The van der Waals surface area contributed by atoms with Crippen LogP contribution in [0.15, 0.2) is 53.5 Å². The summed E-state index contributed by atoms with van der Waals surface area (Å²) in [6.45, 7) is 4.08. The van der Waals surface area contributed by atoms with Crippen LogP contribution in [0.2, 0.25) is 0 Å². The van der Waals surface area contributed by atoms with Crippen molar-refractivity contribution in [3.8, 4) is 0 Å². The summed E-state index contributed by atoms with van der Waals surface area (Å²) in [6, 6.07) is 13.4. The molecule has 0 bridgehead atoms. The molecule has 25 heavy (non-hydrogen) atoms. The van der Waals surface area contributed by atoms with Gasteiger partial charge in [-0.2, -0.15) is 0 Å². The van der Waals surface area contributed by atoms with Crippen molar-refractivity contribution in [2.75, 3.05) is 5.32 Å². The van der Waals surface area contributed by atoms with Crippen LogP contribution in [0.5, 0.6) is 0 Å². The average Bonchev–Trinajstić information content (AvgIpc) is 2.64. The Hall–Kier alpha value is -2.95. The molecule has 0 saturated heterocycles. The minimum Gasteiger partial charge on any atom is -0.324 e. The Morgan fingerprint density at radius 2 is 1.72 bits per heavy atom. The molecule has 3 rings (SSSR count). The lowest BCUT2D eigenvalue weighted by Crippen LogP contribution is -2.28. The zero-order valence-electron chi connectivity index (χ0n) is 14.5. The molecule has 5 nitrogen and oxygen atoms in total. The topological polar surface area (TPSA) is 64.0 Å². The van der Waals surface area contributed by atoms with Crippen molar-refractivity contribution in [3.05, 3.63) is 70.1 Å². The molecule has 0 aliphatic carbocycles. The minimum atomic E-state index is -0.284. The Bertz CT molecular complexity index is 954. The van der Waals surface area contributed by atoms with Gasteiger partial charge in [-0.25, -0.2) is 4.98 Å². The molecule has 0 spiro atoms. The highest BCUT2D eigenvalue weighted by Gasteiger charge is 2.12. The Labute approximate surface area is 146 Å². The number of benzene rings is 2. The molecule has 1 N–H and O–H groups in total. The fourth-order valence-electron chi connectivity index (χ4n) is 3.00. The molecular weight excluding hydrogens is 314 g/mol. The van der Waals surface area contributed by atoms with E-state index in [2.05, 4.69) is 24.1 Å². The lowest BCUT2D eigenvalue weighted by molar-refractivity contribution is -0.116. The van der Waals surface area contributed by atoms with Crippen LogP contribution in [0.4, 0.5) is 5.69 Å². The second-order valence-electron chi connectivity index (χ2n) is 5.88. The first kappa shape index (κ1) is 16.9. The molecule has 1 aromatic heterocycles. The van der Waals surface area contributed by atoms with Crippen LogP contribution in [0.25, 0.3) is 11.0 Å². The number of anilines is 1. The first-order chi connectivity index (χ1) is 12.1. The number of fused-ring (bicyclic) bond motifs is 1. The second kappa shape index (κ2) is 7.30. The normalized spacial score (nSPS) is 10.8. The monoisotopic (exact) mass is 335 g/mol.